The average Bonchev–Trinajstić information content (AvgIpc) is 2.86. The van der Waals surface area contributed by atoms with E-state index in [2.05, 4.69) is 48.7 Å². The first kappa shape index (κ1) is 14.3. The Bertz CT molecular complexity index is 416. The Balaban J connectivity index is 1.77. The number of thiocarbonyl (C=S) groups is 1. The molecule has 1 heterocycles. The van der Waals surface area contributed by atoms with Crippen molar-refractivity contribution in [1.82, 2.24) is 5.32 Å². The Hall–Kier alpha value is -1.13. The van der Waals surface area contributed by atoms with Crippen molar-refractivity contribution in [2.45, 2.75) is 32.7 Å². The first-order chi connectivity index (χ1) is 9.19. The smallest absolute Gasteiger partial charge is 0.170 e. The van der Waals surface area contributed by atoms with Gasteiger partial charge in [0.1, 0.15) is 6.04 Å². The van der Waals surface area contributed by atoms with Crippen molar-refractivity contribution in [3.05, 3.63) is 29.8 Å². The Morgan fingerprint density at radius 2 is 2.11 bits per heavy atom. The summed E-state index contributed by atoms with van der Waals surface area (Å²) in [4.78, 5) is 1.70. The highest BCUT2D eigenvalue weighted by molar-refractivity contribution is 7.80. The number of quaternary nitrogens is 1. The molecule has 0 saturated carbocycles. The van der Waals surface area contributed by atoms with Gasteiger partial charge >= 0.3 is 0 Å². The van der Waals surface area contributed by atoms with E-state index in [0.717, 1.165) is 17.3 Å². The fourth-order valence-corrected chi connectivity index (χ4v) is 2.92. The lowest BCUT2D eigenvalue weighted by Gasteiger charge is -2.21. The highest BCUT2D eigenvalue weighted by Gasteiger charge is 2.26. The van der Waals surface area contributed by atoms with Crippen molar-refractivity contribution in [3.63, 3.8) is 0 Å². The predicted octanol–water partition coefficient (Wildman–Crippen LogP) is 1.35. The van der Waals surface area contributed by atoms with Crippen LogP contribution in [0.15, 0.2) is 24.3 Å². The van der Waals surface area contributed by atoms with Crippen molar-refractivity contribution in [1.29, 1.82) is 0 Å². The summed E-state index contributed by atoms with van der Waals surface area (Å²) >= 11 is 5.35. The van der Waals surface area contributed by atoms with Gasteiger partial charge in [0.2, 0.25) is 0 Å². The Morgan fingerprint density at radius 3 is 2.79 bits per heavy atom. The lowest BCUT2D eigenvalue weighted by Crippen LogP contribution is -3.14. The van der Waals surface area contributed by atoms with Crippen LogP contribution in [0.2, 0.25) is 0 Å². The highest BCUT2D eigenvalue weighted by Crippen LogP contribution is 2.08. The molecular weight excluding hydrogens is 254 g/mol. The molecule has 0 aromatic heterocycles. The second kappa shape index (κ2) is 6.87. The fraction of sp³-hybridized carbons (Fsp3) is 0.533. The monoisotopic (exact) mass is 278 g/mol. The van der Waals surface area contributed by atoms with E-state index in [4.69, 9.17) is 12.2 Å². The number of aryl methyl sites for hydroxylation is 1. The minimum absolute atomic E-state index is 0.711. The van der Waals surface area contributed by atoms with Gasteiger partial charge in [-0.2, -0.15) is 0 Å². The number of hydrogen-bond donors (Lipinski definition) is 3. The molecule has 0 aliphatic carbocycles. The van der Waals surface area contributed by atoms with Gasteiger partial charge in [-0.1, -0.05) is 17.7 Å². The van der Waals surface area contributed by atoms with Crippen LogP contribution in [-0.4, -0.2) is 30.8 Å². The molecule has 1 aliphatic rings. The van der Waals surface area contributed by atoms with E-state index in [1.165, 1.54) is 31.5 Å². The molecule has 4 heteroatoms. The van der Waals surface area contributed by atoms with E-state index in [9.17, 15) is 0 Å². The summed E-state index contributed by atoms with van der Waals surface area (Å²) in [5, 5.41) is 7.32. The molecule has 0 bridgehead atoms. The zero-order valence-corrected chi connectivity index (χ0v) is 12.6. The lowest BCUT2D eigenvalue weighted by atomic mass is 10.2. The van der Waals surface area contributed by atoms with Gasteiger partial charge in [0.15, 0.2) is 5.11 Å². The molecule has 1 saturated heterocycles. The van der Waals surface area contributed by atoms with Crippen molar-refractivity contribution < 1.29 is 4.90 Å². The second-order valence-electron chi connectivity index (χ2n) is 5.30. The fourth-order valence-electron chi connectivity index (χ4n) is 2.72. The zero-order chi connectivity index (χ0) is 13.7. The molecular formula is C15H24N3S+. The van der Waals surface area contributed by atoms with E-state index < -0.39 is 0 Å². The largest absolute Gasteiger partial charge is 0.356 e. The van der Waals surface area contributed by atoms with Gasteiger partial charge in [0.05, 0.1) is 19.6 Å². The molecule has 1 aromatic rings. The molecule has 19 heavy (non-hydrogen) atoms. The summed E-state index contributed by atoms with van der Waals surface area (Å²) in [6.07, 6.45) is 2.65. The molecule has 0 spiro atoms. The van der Waals surface area contributed by atoms with Crippen LogP contribution in [0.25, 0.3) is 0 Å². The third-order valence-electron chi connectivity index (χ3n) is 3.90. The number of likely N-dealkylation sites (tertiary alicyclic amines) is 1. The molecule has 2 rings (SSSR count). The van der Waals surface area contributed by atoms with Crippen LogP contribution in [0, 0.1) is 6.92 Å². The van der Waals surface area contributed by atoms with Crippen molar-refractivity contribution in [3.8, 4) is 0 Å². The molecule has 0 radical (unpaired) electrons. The highest BCUT2D eigenvalue weighted by atomic mass is 32.1. The number of likely N-dealkylation sites (N-methyl/N-ethyl adjacent to an activating group) is 1. The quantitative estimate of drug-likeness (QED) is 0.726. The van der Waals surface area contributed by atoms with E-state index in [-0.39, 0.29) is 0 Å². The molecule has 1 fully saturated rings. The molecule has 0 amide bonds. The summed E-state index contributed by atoms with van der Waals surface area (Å²) in [6.45, 7) is 7.84. The van der Waals surface area contributed by atoms with E-state index in [0.29, 0.717) is 6.04 Å². The molecule has 1 aliphatic heterocycles. The molecule has 1 aromatic carbocycles. The summed E-state index contributed by atoms with van der Waals surface area (Å²) in [5.74, 6) is 0. The molecule has 104 valence electrons. The number of anilines is 1. The number of hydrogen-bond acceptors (Lipinski definition) is 1. The first-order valence-corrected chi connectivity index (χ1v) is 7.56. The Labute approximate surface area is 121 Å². The van der Waals surface area contributed by atoms with Crippen LogP contribution in [0.4, 0.5) is 5.69 Å². The van der Waals surface area contributed by atoms with Crippen molar-refractivity contribution >= 4 is 23.0 Å². The molecule has 1 unspecified atom stereocenters. The molecule has 3 nitrogen and oxygen atoms in total. The maximum absolute atomic E-state index is 5.35. The zero-order valence-electron chi connectivity index (χ0n) is 11.8. The minimum Gasteiger partial charge on any atom is -0.356 e. The summed E-state index contributed by atoms with van der Waals surface area (Å²) in [5.41, 5.74) is 2.31. The third kappa shape index (κ3) is 4.18. The summed E-state index contributed by atoms with van der Waals surface area (Å²) in [6, 6.07) is 9.00. The summed E-state index contributed by atoms with van der Waals surface area (Å²) < 4.78 is 0. The normalized spacial score (nSPS) is 22.2. The van der Waals surface area contributed by atoms with Crippen LogP contribution in [0.3, 0.4) is 0 Å². The van der Waals surface area contributed by atoms with Crippen LogP contribution >= 0.6 is 12.2 Å². The van der Waals surface area contributed by atoms with Crippen molar-refractivity contribution in [2.75, 3.05) is 25.0 Å². The number of nitrogens with one attached hydrogen (secondary N) is 3. The van der Waals surface area contributed by atoms with Gasteiger partial charge in [0, 0.05) is 18.5 Å². The van der Waals surface area contributed by atoms with Gasteiger partial charge in [-0.15, -0.1) is 0 Å². The Morgan fingerprint density at radius 1 is 1.37 bits per heavy atom. The lowest BCUT2D eigenvalue weighted by molar-refractivity contribution is -0.909. The van der Waals surface area contributed by atoms with Gasteiger partial charge in [-0.05, 0) is 38.2 Å². The maximum Gasteiger partial charge on any atom is 0.170 e. The van der Waals surface area contributed by atoms with E-state index in [1.807, 2.05) is 0 Å². The minimum atomic E-state index is 0.711. The van der Waals surface area contributed by atoms with Crippen LogP contribution in [-0.2, 0) is 0 Å². The first-order valence-electron chi connectivity index (χ1n) is 7.15. The van der Waals surface area contributed by atoms with Crippen molar-refractivity contribution in [2.24, 2.45) is 0 Å². The van der Waals surface area contributed by atoms with Crippen LogP contribution in [0.5, 0.6) is 0 Å². The topological polar surface area (TPSA) is 28.5 Å². The Kier molecular flexibility index (Phi) is 5.16. The standard InChI is InChI=1S/C15H23N3S/c1-3-18-10-4-5-14(18)11-16-15(19)17-13-8-6-12(2)7-9-13/h6-9,14H,3-5,10-11H2,1-2H3,(H2,16,17,19)/p+1/t14-/m0/s1. The SMILES string of the molecule is CC[NH+]1CCC[C@H]1CNC(=S)Nc1ccc(C)cc1. The van der Waals surface area contributed by atoms with E-state index >= 15 is 0 Å². The van der Waals surface area contributed by atoms with Crippen LogP contribution < -0.4 is 15.5 Å². The van der Waals surface area contributed by atoms with E-state index in [1.54, 1.807) is 4.90 Å². The van der Waals surface area contributed by atoms with Gasteiger partial charge in [-0.25, -0.2) is 0 Å². The van der Waals surface area contributed by atoms with Gasteiger partial charge in [-0.3, -0.25) is 0 Å². The predicted molar refractivity (Wildman–Crippen MR) is 84.8 cm³/mol. The van der Waals surface area contributed by atoms with Crippen LogP contribution in [0.1, 0.15) is 25.3 Å². The maximum atomic E-state index is 5.35. The number of rotatable bonds is 4. The summed E-state index contributed by atoms with van der Waals surface area (Å²) in [7, 11) is 0. The molecule has 2 atom stereocenters. The molecule has 3 N–H and O–H groups in total. The average molecular weight is 278 g/mol. The van der Waals surface area contributed by atoms with Gasteiger partial charge < -0.3 is 15.5 Å². The third-order valence-corrected chi connectivity index (χ3v) is 4.15. The van der Waals surface area contributed by atoms with Gasteiger partial charge in [0.25, 0.3) is 0 Å². The second-order valence-corrected chi connectivity index (χ2v) is 5.71. The number of benzene rings is 1.